The summed E-state index contributed by atoms with van der Waals surface area (Å²) in [6.45, 7) is 9.57. The fraction of sp³-hybridized carbons (Fsp3) is 0.714. The maximum Gasteiger partial charge on any atom is 0.413 e. The molecule has 1 saturated heterocycles. The predicted octanol–water partition coefficient (Wildman–Crippen LogP) is 2.84. The molecule has 0 radical (unpaired) electrons. The molecule has 29 heavy (non-hydrogen) atoms. The van der Waals surface area contributed by atoms with Crippen LogP contribution in [0.2, 0.25) is 0 Å². The third-order valence-corrected chi connectivity index (χ3v) is 5.69. The van der Waals surface area contributed by atoms with E-state index in [0.29, 0.717) is 32.7 Å². The number of rotatable bonds is 8. The van der Waals surface area contributed by atoms with E-state index in [-0.39, 0.29) is 17.2 Å². The van der Waals surface area contributed by atoms with Crippen molar-refractivity contribution in [1.29, 1.82) is 0 Å². The number of anilines is 1. The van der Waals surface area contributed by atoms with Crippen LogP contribution in [-0.2, 0) is 4.79 Å². The Hall–Kier alpha value is -2.38. The third kappa shape index (κ3) is 6.05. The smallest absolute Gasteiger partial charge is 0.390 e. The van der Waals surface area contributed by atoms with Gasteiger partial charge in [-0.2, -0.15) is 0 Å². The lowest BCUT2D eigenvalue weighted by molar-refractivity contribution is -0.141. The van der Waals surface area contributed by atoms with Gasteiger partial charge in [0.05, 0.1) is 0 Å². The largest absolute Gasteiger partial charge is 0.413 e. The summed E-state index contributed by atoms with van der Waals surface area (Å²) in [4.78, 5) is 28.6. The van der Waals surface area contributed by atoms with Crippen molar-refractivity contribution in [2.75, 3.05) is 37.6 Å². The summed E-state index contributed by atoms with van der Waals surface area (Å²) >= 11 is 0. The monoisotopic (exact) mass is 403 g/mol. The summed E-state index contributed by atoms with van der Waals surface area (Å²) in [7, 11) is 0. The van der Waals surface area contributed by atoms with Crippen molar-refractivity contribution in [3.8, 4) is 5.88 Å². The molecule has 2 amide bonds. The summed E-state index contributed by atoms with van der Waals surface area (Å²) < 4.78 is 5.17. The molecule has 0 aromatic carbocycles. The lowest BCUT2D eigenvalue weighted by Gasteiger charge is -2.38. The van der Waals surface area contributed by atoms with Crippen molar-refractivity contribution in [3.05, 3.63) is 12.1 Å². The lowest BCUT2D eigenvalue weighted by Crippen LogP contribution is -2.52. The minimum Gasteiger partial charge on any atom is -0.390 e. The maximum atomic E-state index is 12.7. The molecular formula is C21H33N5O3. The summed E-state index contributed by atoms with van der Waals surface area (Å²) in [5.74, 6) is 1.91. The SMILES string of the molecule is CCCC(C)(C)C(=O)N1CCN(c2ccc(OC(=O)NCCC3CC3)nn2)CC1. The van der Waals surface area contributed by atoms with Crippen LogP contribution in [-0.4, -0.2) is 59.8 Å². The molecule has 1 aromatic heterocycles. The van der Waals surface area contributed by atoms with Gasteiger partial charge in [-0.05, 0) is 24.8 Å². The summed E-state index contributed by atoms with van der Waals surface area (Å²) in [5, 5.41) is 10.9. The van der Waals surface area contributed by atoms with Crippen LogP contribution in [0.25, 0.3) is 0 Å². The molecule has 1 aromatic rings. The van der Waals surface area contributed by atoms with Crippen molar-refractivity contribution < 1.29 is 14.3 Å². The van der Waals surface area contributed by atoms with Gasteiger partial charge in [-0.25, -0.2) is 4.79 Å². The molecule has 2 fully saturated rings. The van der Waals surface area contributed by atoms with E-state index in [1.165, 1.54) is 12.8 Å². The van der Waals surface area contributed by atoms with Crippen molar-refractivity contribution in [1.82, 2.24) is 20.4 Å². The first kappa shape index (κ1) is 21.3. The molecule has 2 aliphatic rings. The van der Waals surface area contributed by atoms with E-state index >= 15 is 0 Å². The highest BCUT2D eigenvalue weighted by Gasteiger charge is 2.33. The van der Waals surface area contributed by atoms with E-state index in [1.807, 2.05) is 18.7 Å². The first-order chi connectivity index (χ1) is 13.9. The maximum absolute atomic E-state index is 12.7. The van der Waals surface area contributed by atoms with E-state index in [2.05, 4.69) is 27.3 Å². The van der Waals surface area contributed by atoms with Gasteiger partial charge in [-0.3, -0.25) is 4.79 Å². The third-order valence-electron chi connectivity index (χ3n) is 5.69. The molecule has 8 heteroatoms. The second-order valence-electron chi connectivity index (χ2n) is 8.69. The topological polar surface area (TPSA) is 87.7 Å². The molecule has 2 heterocycles. The molecular weight excluding hydrogens is 370 g/mol. The number of nitrogens with zero attached hydrogens (tertiary/aromatic N) is 4. The quantitative estimate of drug-likeness (QED) is 0.718. The fourth-order valence-electron chi connectivity index (χ4n) is 3.75. The molecule has 0 unspecified atom stereocenters. The average molecular weight is 404 g/mol. The van der Waals surface area contributed by atoms with Crippen LogP contribution in [0.1, 0.15) is 52.9 Å². The van der Waals surface area contributed by atoms with Crippen LogP contribution in [0, 0.1) is 11.3 Å². The van der Waals surface area contributed by atoms with Gasteiger partial charge in [0.15, 0.2) is 5.82 Å². The standard InChI is InChI=1S/C21H33N5O3/c1-4-10-21(2,3)19(27)26-14-12-25(13-15-26)17-7-8-18(24-23-17)29-20(28)22-11-9-16-5-6-16/h7-8,16H,4-6,9-15H2,1-3H3,(H,22,28). The summed E-state index contributed by atoms with van der Waals surface area (Å²) in [5.41, 5.74) is -0.311. The Labute approximate surface area is 173 Å². The molecule has 1 aliphatic carbocycles. The number of hydrogen-bond acceptors (Lipinski definition) is 6. The van der Waals surface area contributed by atoms with E-state index in [1.54, 1.807) is 12.1 Å². The van der Waals surface area contributed by atoms with E-state index in [9.17, 15) is 9.59 Å². The van der Waals surface area contributed by atoms with Crippen molar-refractivity contribution >= 4 is 17.8 Å². The first-order valence-electron chi connectivity index (χ1n) is 10.7. The van der Waals surface area contributed by atoms with Gasteiger partial charge in [0.1, 0.15) is 0 Å². The van der Waals surface area contributed by atoms with E-state index in [0.717, 1.165) is 31.0 Å². The Morgan fingerprint density at radius 2 is 1.90 bits per heavy atom. The van der Waals surface area contributed by atoms with Crippen molar-refractivity contribution in [2.45, 2.75) is 52.9 Å². The Balaban J connectivity index is 1.44. The van der Waals surface area contributed by atoms with Gasteiger partial charge in [-0.1, -0.05) is 40.0 Å². The van der Waals surface area contributed by atoms with Crippen LogP contribution in [0.4, 0.5) is 10.6 Å². The van der Waals surface area contributed by atoms with Gasteiger partial charge in [0.2, 0.25) is 11.8 Å². The molecule has 8 nitrogen and oxygen atoms in total. The highest BCUT2D eigenvalue weighted by Crippen LogP contribution is 2.31. The molecule has 1 N–H and O–H groups in total. The van der Waals surface area contributed by atoms with Crippen LogP contribution in [0.15, 0.2) is 12.1 Å². The van der Waals surface area contributed by atoms with Crippen LogP contribution in [0.5, 0.6) is 5.88 Å². The highest BCUT2D eigenvalue weighted by atomic mass is 16.6. The number of piperazine rings is 1. The molecule has 1 saturated carbocycles. The molecule has 160 valence electrons. The molecule has 0 atom stereocenters. The van der Waals surface area contributed by atoms with E-state index in [4.69, 9.17) is 4.74 Å². The second-order valence-corrected chi connectivity index (χ2v) is 8.69. The van der Waals surface area contributed by atoms with Gasteiger partial charge in [0, 0.05) is 44.2 Å². The average Bonchev–Trinajstić information content (AvgIpc) is 3.52. The number of ether oxygens (including phenoxy) is 1. The van der Waals surface area contributed by atoms with E-state index < -0.39 is 6.09 Å². The predicted molar refractivity (Wildman–Crippen MR) is 111 cm³/mol. The van der Waals surface area contributed by atoms with Crippen LogP contribution in [0.3, 0.4) is 0 Å². The Morgan fingerprint density at radius 1 is 1.17 bits per heavy atom. The zero-order valence-electron chi connectivity index (χ0n) is 17.8. The molecule has 0 spiro atoms. The zero-order chi connectivity index (χ0) is 20.9. The Bertz CT molecular complexity index is 695. The Kier molecular flexibility index (Phi) is 6.92. The number of hydrogen-bond donors (Lipinski definition) is 1. The van der Waals surface area contributed by atoms with Crippen molar-refractivity contribution in [2.24, 2.45) is 11.3 Å². The fourth-order valence-corrected chi connectivity index (χ4v) is 3.75. The highest BCUT2D eigenvalue weighted by molar-refractivity contribution is 5.82. The number of carbonyl (C=O) groups excluding carboxylic acids is 2. The summed E-state index contributed by atoms with van der Waals surface area (Å²) in [6.07, 6.45) is 4.94. The van der Waals surface area contributed by atoms with Crippen LogP contribution < -0.4 is 15.0 Å². The normalized spacial score (nSPS) is 17.2. The minimum absolute atomic E-state index is 0.188. The van der Waals surface area contributed by atoms with Crippen LogP contribution >= 0.6 is 0 Å². The van der Waals surface area contributed by atoms with Gasteiger partial charge in [0.25, 0.3) is 0 Å². The summed E-state index contributed by atoms with van der Waals surface area (Å²) in [6, 6.07) is 3.46. The molecule has 0 bridgehead atoms. The van der Waals surface area contributed by atoms with Gasteiger partial charge in [-0.15, -0.1) is 10.2 Å². The number of amides is 2. The first-order valence-corrected chi connectivity index (χ1v) is 10.7. The Morgan fingerprint density at radius 3 is 2.48 bits per heavy atom. The van der Waals surface area contributed by atoms with Crippen molar-refractivity contribution in [3.63, 3.8) is 0 Å². The number of nitrogens with one attached hydrogen (secondary N) is 1. The number of carbonyl (C=O) groups is 2. The molecule has 1 aliphatic heterocycles. The van der Waals surface area contributed by atoms with Gasteiger partial charge < -0.3 is 19.9 Å². The minimum atomic E-state index is -0.491. The lowest BCUT2D eigenvalue weighted by atomic mass is 9.86. The zero-order valence-corrected chi connectivity index (χ0v) is 17.8. The molecule has 3 rings (SSSR count). The van der Waals surface area contributed by atoms with Gasteiger partial charge >= 0.3 is 6.09 Å². The second kappa shape index (κ2) is 9.41. The number of aromatic nitrogens is 2.